The topological polar surface area (TPSA) is 70.2 Å². The number of halogens is 3. The van der Waals surface area contributed by atoms with Crippen LogP contribution >= 0.6 is 0 Å². The predicted molar refractivity (Wildman–Crippen MR) is 65.0 cm³/mol. The lowest BCUT2D eigenvalue weighted by Crippen LogP contribution is -2.48. The number of nitrogens with zero attached hydrogens (tertiary/aromatic N) is 3. The van der Waals surface area contributed by atoms with Crippen molar-refractivity contribution in [2.45, 2.75) is 6.18 Å². The molecule has 0 aromatic carbocycles. The molecule has 0 atom stereocenters. The fourth-order valence-electron chi connectivity index (χ4n) is 1.77. The van der Waals surface area contributed by atoms with Crippen molar-refractivity contribution in [3.63, 3.8) is 0 Å². The van der Waals surface area contributed by atoms with Gasteiger partial charge in [0.25, 0.3) is 0 Å². The van der Waals surface area contributed by atoms with Crippen LogP contribution in [0.1, 0.15) is 5.69 Å². The number of anilines is 1. The van der Waals surface area contributed by atoms with Crippen LogP contribution in [-0.2, 0) is 11.0 Å². The molecule has 0 saturated carbocycles. The maximum Gasteiger partial charge on any atom is 0.435 e. The van der Waals surface area contributed by atoms with E-state index in [2.05, 4.69) is 20.8 Å². The zero-order chi connectivity index (χ0) is 14.6. The van der Waals surface area contributed by atoms with Crippen molar-refractivity contribution in [1.82, 2.24) is 20.4 Å². The van der Waals surface area contributed by atoms with Crippen LogP contribution in [0.2, 0.25) is 0 Å². The lowest BCUT2D eigenvalue weighted by Gasteiger charge is -2.27. The van der Waals surface area contributed by atoms with Crippen LogP contribution < -0.4 is 10.6 Å². The molecule has 1 aromatic heterocycles. The minimum absolute atomic E-state index is 0.0138. The molecule has 0 radical (unpaired) electrons. The van der Waals surface area contributed by atoms with Crippen LogP contribution in [0.15, 0.2) is 12.1 Å². The number of nitrogens with one attached hydrogen (secondary N) is 2. The minimum atomic E-state index is -4.51. The molecule has 2 heterocycles. The summed E-state index contributed by atoms with van der Waals surface area (Å²) < 4.78 is 36.9. The summed E-state index contributed by atoms with van der Waals surface area (Å²) in [4.78, 5) is 13.5. The highest BCUT2D eigenvalue weighted by Gasteiger charge is 2.32. The number of carbonyl (C=O) groups is 1. The van der Waals surface area contributed by atoms with E-state index in [1.807, 2.05) is 0 Å². The van der Waals surface area contributed by atoms with Gasteiger partial charge in [0.15, 0.2) is 5.69 Å². The number of piperazine rings is 1. The molecule has 1 aliphatic heterocycles. The Balaban J connectivity index is 1.86. The number of amides is 1. The summed E-state index contributed by atoms with van der Waals surface area (Å²) in [6.45, 7) is 2.72. The molecule has 2 N–H and O–H groups in total. The summed E-state index contributed by atoms with van der Waals surface area (Å²) in [6, 6.07) is 1.98. The maximum atomic E-state index is 12.3. The van der Waals surface area contributed by atoms with Crippen molar-refractivity contribution < 1.29 is 18.0 Å². The Hall–Kier alpha value is -1.90. The molecule has 0 spiro atoms. The van der Waals surface area contributed by atoms with Crippen LogP contribution in [0, 0.1) is 0 Å². The molecule has 1 aromatic rings. The molecule has 9 heteroatoms. The SMILES string of the molecule is O=C(CNc1ccc(C(F)(F)F)nn1)N1CCNCC1. The first-order chi connectivity index (χ1) is 9.47. The Kier molecular flexibility index (Phi) is 4.38. The van der Waals surface area contributed by atoms with Gasteiger partial charge >= 0.3 is 6.18 Å². The smallest absolute Gasteiger partial charge is 0.360 e. The van der Waals surface area contributed by atoms with Crippen molar-refractivity contribution in [2.75, 3.05) is 38.0 Å². The molecule has 1 fully saturated rings. The number of alkyl halides is 3. The molecule has 6 nitrogen and oxygen atoms in total. The third kappa shape index (κ3) is 3.80. The number of rotatable bonds is 3. The molecule has 1 aliphatic rings. The van der Waals surface area contributed by atoms with Crippen molar-refractivity contribution in [1.29, 1.82) is 0 Å². The lowest BCUT2D eigenvalue weighted by molar-refractivity contribution is -0.141. The number of hydrogen-bond donors (Lipinski definition) is 2. The van der Waals surface area contributed by atoms with E-state index in [-0.39, 0.29) is 18.3 Å². The molecule has 20 heavy (non-hydrogen) atoms. The van der Waals surface area contributed by atoms with E-state index in [9.17, 15) is 18.0 Å². The molecule has 1 saturated heterocycles. The predicted octanol–water partition coefficient (Wildman–Crippen LogP) is 0.339. The molecule has 2 rings (SSSR count). The average molecular weight is 289 g/mol. The molecular weight excluding hydrogens is 275 g/mol. The highest BCUT2D eigenvalue weighted by Crippen LogP contribution is 2.26. The van der Waals surface area contributed by atoms with E-state index >= 15 is 0 Å². The highest BCUT2D eigenvalue weighted by molar-refractivity contribution is 5.80. The Morgan fingerprint density at radius 3 is 2.55 bits per heavy atom. The van der Waals surface area contributed by atoms with Gasteiger partial charge in [0.05, 0.1) is 6.54 Å². The van der Waals surface area contributed by atoms with Crippen LogP contribution in [0.4, 0.5) is 19.0 Å². The normalized spacial score (nSPS) is 16.1. The van der Waals surface area contributed by atoms with Crippen molar-refractivity contribution in [2.24, 2.45) is 0 Å². The van der Waals surface area contributed by atoms with Gasteiger partial charge < -0.3 is 15.5 Å². The van der Waals surface area contributed by atoms with Gasteiger partial charge in [-0.3, -0.25) is 4.79 Å². The molecule has 110 valence electrons. The molecule has 0 unspecified atom stereocenters. The zero-order valence-electron chi connectivity index (χ0n) is 10.6. The van der Waals surface area contributed by atoms with Gasteiger partial charge in [-0.15, -0.1) is 10.2 Å². The molecule has 0 bridgehead atoms. The van der Waals surface area contributed by atoms with Crippen molar-refractivity contribution in [3.05, 3.63) is 17.8 Å². The van der Waals surface area contributed by atoms with Gasteiger partial charge in [-0.2, -0.15) is 13.2 Å². The lowest BCUT2D eigenvalue weighted by atomic mass is 10.3. The zero-order valence-corrected chi connectivity index (χ0v) is 10.6. The van der Waals surface area contributed by atoms with Gasteiger partial charge in [0.2, 0.25) is 5.91 Å². The van der Waals surface area contributed by atoms with Crippen LogP contribution in [-0.4, -0.2) is 53.7 Å². The van der Waals surface area contributed by atoms with E-state index < -0.39 is 11.9 Å². The second-order valence-corrected chi connectivity index (χ2v) is 4.29. The first-order valence-corrected chi connectivity index (χ1v) is 6.10. The Morgan fingerprint density at radius 1 is 1.30 bits per heavy atom. The highest BCUT2D eigenvalue weighted by atomic mass is 19.4. The summed E-state index contributed by atoms with van der Waals surface area (Å²) >= 11 is 0. The van der Waals surface area contributed by atoms with Crippen LogP contribution in [0.3, 0.4) is 0 Å². The fourth-order valence-corrected chi connectivity index (χ4v) is 1.77. The second kappa shape index (κ2) is 6.04. The van der Waals surface area contributed by atoms with E-state index in [0.717, 1.165) is 25.2 Å². The third-order valence-electron chi connectivity index (χ3n) is 2.85. The Morgan fingerprint density at radius 2 is 2.00 bits per heavy atom. The average Bonchev–Trinajstić information content (AvgIpc) is 2.45. The summed E-state index contributed by atoms with van der Waals surface area (Å²) in [5.41, 5.74) is -1.06. The summed E-state index contributed by atoms with van der Waals surface area (Å²) in [5, 5.41) is 12.3. The standard InChI is InChI=1S/C11H14F3N5O/c12-11(13,14)8-1-2-9(18-17-8)16-7-10(20)19-5-3-15-4-6-19/h1-2,15H,3-7H2,(H,16,18). The van der Waals surface area contributed by atoms with Gasteiger partial charge in [0.1, 0.15) is 5.82 Å². The second-order valence-electron chi connectivity index (χ2n) is 4.29. The monoisotopic (exact) mass is 289 g/mol. The van der Waals surface area contributed by atoms with Crippen molar-refractivity contribution in [3.8, 4) is 0 Å². The van der Waals surface area contributed by atoms with E-state index in [4.69, 9.17) is 0 Å². The van der Waals surface area contributed by atoms with Gasteiger partial charge in [0, 0.05) is 26.2 Å². The summed E-state index contributed by atoms with van der Waals surface area (Å²) in [6.07, 6.45) is -4.51. The number of aromatic nitrogens is 2. The minimum Gasteiger partial charge on any atom is -0.360 e. The Labute approximate surface area is 113 Å². The largest absolute Gasteiger partial charge is 0.435 e. The molecule has 0 aliphatic carbocycles. The maximum absolute atomic E-state index is 12.3. The van der Waals surface area contributed by atoms with Gasteiger partial charge in [-0.05, 0) is 12.1 Å². The number of hydrogen-bond acceptors (Lipinski definition) is 5. The first kappa shape index (κ1) is 14.5. The molecular formula is C11H14F3N5O. The van der Waals surface area contributed by atoms with Crippen molar-refractivity contribution >= 4 is 11.7 Å². The van der Waals surface area contributed by atoms with Crippen LogP contribution in [0.5, 0.6) is 0 Å². The van der Waals surface area contributed by atoms with E-state index in [1.165, 1.54) is 0 Å². The van der Waals surface area contributed by atoms with E-state index in [0.29, 0.717) is 13.1 Å². The fraction of sp³-hybridized carbons (Fsp3) is 0.545. The number of carbonyl (C=O) groups excluding carboxylic acids is 1. The quantitative estimate of drug-likeness (QED) is 0.839. The van der Waals surface area contributed by atoms with E-state index in [1.54, 1.807) is 4.90 Å². The third-order valence-corrected chi connectivity index (χ3v) is 2.85. The first-order valence-electron chi connectivity index (χ1n) is 6.10. The van der Waals surface area contributed by atoms with Crippen LogP contribution in [0.25, 0.3) is 0 Å². The van der Waals surface area contributed by atoms with Gasteiger partial charge in [-0.25, -0.2) is 0 Å². The summed E-state index contributed by atoms with van der Waals surface area (Å²) in [7, 11) is 0. The summed E-state index contributed by atoms with van der Waals surface area (Å²) in [5.74, 6) is 0.0229. The molecule has 1 amide bonds. The van der Waals surface area contributed by atoms with Gasteiger partial charge in [-0.1, -0.05) is 0 Å². The Bertz CT molecular complexity index is 456.